The van der Waals surface area contributed by atoms with Crippen molar-refractivity contribution in [2.24, 2.45) is 5.10 Å². The monoisotopic (exact) mass is 293 g/mol. The van der Waals surface area contributed by atoms with E-state index in [0.29, 0.717) is 12.0 Å². The summed E-state index contributed by atoms with van der Waals surface area (Å²) < 4.78 is 0. The van der Waals surface area contributed by atoms with Crippen molar-refractivity contribution >= 4 is 17.8 Å². The highest BCUT2D eigenvalue weighted by Gasteiger charge is 2.26. The summed E-state index contributed by atoms with van der Waals surface area (Å²) in [6.07, 6.45) is 1.92. The van der Waals surface area contributed by atoms with Crippen molar-refractivity contribution in [1.29, 1.82) is 0 Å². The van der Waals surface area contributed by atoms with Crippen molar-refractivity contribution in [1.82, 2.24) is 16.3 Å². The summed E-state index contributed by atoms with van der Waals surface area (Å²) in [7, 11) is 0. The minimum Gasteiger partial charge on any atom is -0.502 e. The average molecular weight is 293 g/mol. The first kappa shape index (κ1) is 14.9. The van der Waals surface area contributed by atoms with Gasteiger partial charge in [-0.05, 0) is 25.5 Å². The predicted molar refractivity (Wildman–Crippen MR) is 74.6 cm³/mol. The number of carbonyl (C=O) groups excluding carboxylic acids is 1. The van der Waals surface area contributed by atoms with Gasteiger partial charge in [-0.2, -0.15) is 5.10 Å². The molecular weight excluding hydrogens is 278 g/mol. The fourth-order valence-electron chi connectivity index (χ4n) is 1.90. The molecule has 2 unspecified atom stereocenters. The number of nitrogens with zero attached hydrogens (tertiary/aromatic N) is 2. The third-order valence-electron chi connectivity index (χ3n) is 2.99. The fourth-order valence-corrected chi connectivity index (χ4v) is 1.90. The van der Waals surface area contributed by atoms with E-state index in [9.17, 15) is 20.0 Å². The highest BCUT2D eigenvalue weighted by Crippen LogP contribution is 2.25. The summed E-state index contributed by atoms with van der Waals surface area (Å²) in [5, 5.41) is 23.7. The van der Waals surface area contributed by atoms with Crippen LogP contribution in [0.2, 0.25) is 0 Å². The van der Waals surface area contributed by atoms with Gasteiger partial charge in [0, 0.05) is 17.7 Å². The van der Waals surface area contributed by atoms with E-state index in [1.807, 2.05) is 6.92 Å². The number of rotatable bonds is 4. The van der Waals surface area contributed by atoms with Gasteiger partial charge in [-0.1, -0.05) is 0 Å². The molecule has 9 heteroatoms. The first-order chi connectivity index (χ1) is 9.97. The molecule has 0 saturated carbocycles. The molecule has 4 N–H and O–H groups in total. The van der Waals surface area contributed by atoms with Gasteiger partial charge in [-0.15, -0.1) is 0 Å². The third-order valence-corrected chi connectivity index (χ3v) is 2.99. The largest absolute Gasteiger partial charge is 0.502 e. The molecule has 2 atom stereocenters. The minimum atomic E-state index is -0.694. The molecule has 1 amide bonds. The number of nitro benzene ring substituents is 1. The lowest BCUT2D eigenvalue weighted by Gasteiger charge is -2.06. The molecule has 2 rings (SSSR count). The van der Waals surface area contributed by atoms with Crippen LogP contribution in [0, 0.1) is 10.1 Å². The number of carbonyl (C=O) groups is 1. The van der Waals surface area contributed by atoms with Crippen molar-refractivity contribution < 1.29 is 14.8 Å². The molecule has 1 aromatic rings. The van der Waals surface area contributed by atoms with Gasteiger partial charge in [0.1, 0.15) is 6.04 Å². The van der Waals surface area contributed by atoms with Gasteiger partial charge in [-0.25, -0.2) is 10.9 Å². The van der Waals surface area contributed by atoms with E-state index in [1.54, 1.807) is 0 Å². The Hall–Kier alpha value is -2.52. The van der Waals surface area contributed by atoms with E-state index in [1.165, 1.54) is 24.4 Å². The highest BCUT2D eigenvalue weighted by molar-refractivity contribution is 5.85. The highest BCUT2D eigenvalue weighted by atomic mass is 16.6. The number of aromatic hydroxyl groups is 1. The number of phenolic OH excluding ortho intramolecular Hbond substituents is 1. The quantitative estimate of drug-likeness (QED) is 0.351. The first-order valence-electron chi connectivity index (χ1n) is 6.28. The average Bonchev–Trinajstić information content (AvgIpc) is 2.87. The molecule has 1 aliphatic rings. The van der Waals surface area contributed by atoms with Crippen LogP contribution >= 0.6 is 0 Å². The number of nitrogens with one attached hydrogen (secondary N) is 3. The Labute approximate surface area is 120 Å². The molecule has 9 nitrogen and oxygen atoms in total. The van der Waals surface area contributed by atoms with Crippen LogP contribution in [0.5, 0.6) is 5.75 Å². The number of hydrazone groups is 1. The maximum atomic E-state index is 11.7. The predicted octanol–water partition coefficient (Wildman–Crippen LogP) is 0.00550. The number of hydrazine groups is 1. The Morgan fingerprint density at radius 3 is 2.95 bits per heavy atom. The number of phenols is 1. The van der Waals surface area contributed by atoms with E-state index in [0.717, 1.165) is 0 Å². The Balaban J connectivity index is 1.97. The minimum absolute atomic E-state index is 0.199. The van der Waals surface area contributed by atoms with Crippen LogP contribution in [0.3, 0.4) is 0 Å². The van der Waals surface area contributed by atoms with E-state index in [2.05, 4.69) is 21.4 Å². The van der Waals surface area contributed by atoms with Crippen LogP contribution in [0.4, 0.5) is 5.69 Å². The van der Waals surface area contributed by atoms with Crippen molar-refractivity contribution in [3.05, 3.63) is 33.9 Å². The normalized spacial score (nSPS) is 21.6. The second-order valence-electron chi connectivity index (χ2n) is 4.72. The first-order valence-corrected chi connectivity index (χ1v) is 6.28. The maximum Gasteiger partial charge on any atom is 0.311 e. The second-order valence-corrected chi connectivity index (χ2v) is 4.72. The number of hydrogen-bond donors (Lipinski definition) is 4. The number of amides is 1. The lowest BCUT2D eigenvalue weighted by Crippen LogP contribution is -2.41. The summed E-state index contributed by atoms with van der Waals surface area (Å²) in [6.45, 7) is 1.94. The van der Waals surface area contributed by atoms with Gasteiger partial charge >= 0.3 is 5.69 Å². The van der Waals surface area contributed by atoms with Crippen molar-refractivity contribution in [3.63, 3.8) is 0 Å². The zero-order valence-corrected chi connectivity index (χ0v) is 11.2. The van der Waals surface area contributed by atoms with Crippen LogP contribution in [0.1, 0.15) is 18.9 Å². The molecule has 1 aliphatic heterocycles. The molecule has 0 spiro atoms. The number of hydrogen-bond acceptors (Lipinski definition) is 7. The van der Waals surface area contributed by atoms with Crippen LogP contribution in [-0.4, -0.2) is 34.2 Å². The Bertz CT molecular complexity index is 589. The van der Waals surface area contributed by atoms with Crippen LogP contribution in [0.15, 0.2) is 23.3 Å². The molecule has 1 heterocycles. The lowest BCUT2D eigenvalue weighted by atomic mass is 10.1. The summed E-state index contributed by atoms with van der Waals surface area (Å²) in [5.74, 6) is -0.715. The molecule has 0 aliphatic carbocycles. The van der Waals surface area contributed by atoms with E-state index in [4.69, 9.17) is 0 Å². The van der Waals surface area contributed by atoms with Crippen LogP contribution < -0.4 is 16.3 Å². The summed E-state index contributed by atoms with van der Waals surface area (Å²) in [4.78, 5) is 21.7. The van der Waals surface area contributed by atoms with Gasteiger partial charge in [-0.3, -0.25) is 20.3 Å². The standard InChI is InChI=1S/C12H15N5O4/c1-7-4-9(15-14-7)12(19)16-13-6-8-2-3-11(18)10(5-8)17(20)21/h2-3,5-7,9,14-15,18H,4H2,1H3,(H,16,19)/b13-6+. The Morgan fingerprint density at radius 1 is 1.57 bits per heavy atom. The van der Waals surface area contributed by atoms with Gasteiger partial charge < -0.3 is 5.11 Å². The van der Waals surface area contributed by atoms with E-state index in [-0.39, 0.29) is 18.0 Å². The zero-order valence-electron chi connectivity index (χ0n) is 11.2. The third kappa shape index (κ3) is 3.74. The van der Waals surface area contributed by atoms with Gasteiger partial charge in [0.15, 0.2) is 5.75 Å². The fraction of sp³-hybridized carbons (Fsp3) is 0.333. The lowest BCUT2D eigenvalue weighted by molar-refractivity contribution is -0.385. The SMILES string of the molecule is CC1CC(C(=O)N/N=C/c2ccc(O)c([N+](=O)[O-])c2)NN1. The molecule has 0 bridgehead atoms. The smallest absolute Gasteiger partial charge is 0.311 e. The van der Waals surface area contributed by atoms with Crippen LogP contribution in [-0.2, 0) is 4.79 Å². The summed E-state index contributed by atoms with van der Waals surface area (Å²) in [6, 6.07) is 3.65. The Kier molecular flexibility index (Phi) is 4.45. The second kappa shape index (κ2) is 6.29. The number of benzene rings is 1. The molecule has 112 valence electrons. The van der Waals surface area contributed by atoms with Crippen molar-refractivity contribution in [3.8, 4) is 5.75 Å². The zero-order chi connectivity index (χ0) is 15.4. The van der Waals surface area contributed by atoms with Gasteiger partial charge in [0.25, 0.3) is 5.91 Å². The van der Waals surface area contributed by atoms with E-state index < -0.39 is 16.4 Å². The molecule has 1 aromatic carbocycles. The molecule has 0 radical (unpaired) electrons. The molecule has 1 saturated heterocycles. The summed E-state index contributed by atoms with van der Waals surface area (Å²) >= 11 is 0. The summed E-state index contributed by atoms with van der Waals surface area (Å²) in [5.41, 5.74) is 8.08. The molecule has 1 fully saturated rings. The molecule has 21 heavy (non-hydrogen) atoms. The Morgan fingerprint density at radius 2 is 2.33 bits per heavy atom. The maximum absolute atomic E-state index is 11.7. The molecular formula is C12H15N5O4. The van der Waals surface area contributed by atoms with Crippen LogP contribution in [0.25, 0.3) is 0 Å². The topological polar surface area (TPSA) is 129 Å². The molecule has 0 aromatic heterocycles. The van der Waals surface area contributed by atoms with Crippen molar-refractivity contribution in [2.75, 3.05) is 0 Å². The van der Waals surface area contributed by atoms with Crippen molar-refractivity contribution in [2.45, 2.75) is 25.4 Å². The van der Waals surface area contributed by atoms with Gasteiger partial charge in [0.2, 0.25) is 0 Å². The van der Waals surface area contributed by atoms with E-state index >= 15 is 0 Å². The van der Waals surface area contributed by atoms with Gasteiger partial charge in [0.05, 0.1) is 11.1 Å². The number of nitro groups is 1.